The average Bonchev–Trinajstić information content (AvgIpc) is 2.82. The highest BCUT2D eigenvalue weighted by Crippen LogP contribution is 2.22. The van der Waals surface area contributed by atoms with Crippen LogP contribution in [-0.2, 0) is 5.41 Å². The predicted molar refractivity (Wildman–Crippen MR) is 141 cm³/mol. The van der Waals surface area contributed by atoms with Crippen LogP contribution in [0.4, 0.5) is 5.69 Å². The number of anilines is 1. The van der Waals surface area contributed by atoms with Crippen LogP contribution in [0.1, 0.15) is 63.0 Å². The van der Waals surface area contributed by atoms with Gasteiger partial charge in [-0.3, -0.25) is 30.6 Å². The number of amides is 3. The van der Waals surface area contributed by atoms with Crippen molar-refractivity contribution in [3.8, 4) is 0 Å². The molecule has 0 fully saturated rings. The molecule has 0 radical (unpaired) electrons. The third kappa shape index (κ3) is 7.22. The van der Waals surface area contributed by atoms with E-state index in [2.05, 4.69) is 42.3 Å². The molecule has 35 heavy (non-hydrogen) atoms. The molecule has 0 saturated carbocycles. The molecule has 0 aromatic heterocycles. The lowest BCUT2D eigenvalue weighted by molar-refractivity contribution is 0.0934. The van der Waals surface area contributed by atoms with Crippen molar-refractivity contribution in [1.29, 1.82) is 0 Å². The maximum atomic E-state index is 12.4. The molecule has 4 N–H and O–H groups in total. The lowest BCUT2D eigenvalue weighted by atomic mass is 9.87. The summed E-state index contributed by atoms with van der Waals surface area (Å²) in [5.74, 6) is -1.07. The molecule has 0 saturated heterocycles. The molecule has 0 spiro atoms. The minimum Gasteiger partial charge on any atom is -0.322 e. The molecule has 0 aliphatic rings. The second-order valence-corrected chi connectivity index (χ2v) is 9.50. The lowest BCUT2D eigenvalue weighted by Gasteiger charge is -2.19. The Labute approximate surface area is 210 Å². The molecule has 180 valence electrons. The highest BCUT2D eigenvalue weighted by atomic mass is 32.1. The molecule has 3 rings (SSSR count). The third-order valence-electron chi connectivity index (χ3n) is 5.21. The van der Waals surface area contributed by atoms with E-state index in [1.54, 1.807) is 48.5 Å². The second kappa shape index (κ2) is 10.9. The fourth-order valence-corrected chi connectivity index (χ4v) is 3.35. The maximum absolute atomic E-state index is 12.4. The Bertz CT molecular complexity index is 1250. The summed E-state index contributed by atoms with van der Waals surface area (Å²) >= 11 is 5.10. The van der Waals surface area contributed by atoms with E-state index in [4.69, 9.17) is 12.2 Å². The number of hydrogen-bond donors (Lipinski definition) is 4. The number of thiocarbonyl (C=S) groups is 1. The third-order valence-corrected chi connectivity index (χ3v) is 5.42. The van der Waals surface area contributed by atoms with Crippen molar-refractivity contribution in [3.63, 3.8) is 0 Å². The van der Waals surface area contributed by atoms with E-state index in [-0.39, 0.29) is 22.3 Å². The van der Waals surface area contributed by atoms with Crippen molar-refractivity contribution in [3.05, 3.63) is 101 Å². The quantitative estimate of drug-likeness (QED) is 0.320. The maximum Gasteiger partial charge on any atom is 0.269 e. The van der Waals surface area contributed by atoms with Gasteiger partial charge in [-0.1, -0.05) is 50.6 Å². The van der Waals surface area contributed by atoms with Gasteiger partial charge in [0.15, 0.2) is 5.11 Å². The Hall–Kier alpha value is -4.04. The van der Waals surface area contributed by atoms with E-state index in [0.29, 0.717) is 22.4 Å². The summed E-state index contributed by atoms with van der Waals surface area (Å²) in [6.07, 6.45) is 0. The Morgan fingerprint density at radius 2 is 1.31 bits per heavy atom. The van der Waals surface area contributed by atoms with Crippen LogP contribution >= 0.6 is 12.2 Å². The standard InChI is InChI=1S/C27H28N4O3S/c1-17-6-5-7-20(16-17)24(33)28-22-14-10-19(11-15-22)25(34)30-31-26(35)29-23(32)18-8-12-21(13-9-18)27(2,3)4/h5-16H,1-4H3,(H,28,33)(H,30,34)(H2,29,31,32,35). The normalized spacial score (nSPS) is 10.7. The zero-order chi connectivity index (χ0) is 25.6. The number of hydrogen-bond acceptors (Lipinski definition) is 4. The topological polar surface area (TPSA) is 99.3 Å². The highest BCUT2D eigenvalue weighted by Gasteiger charge is 2.15. The fourth-order valence-electron chi connectivity index (χ4n) is 3.21. The van der Waals surface area contributed by atoms with E-state index in [1.165, 1.54) is 0 Å². The first-order valence-corrected chi connectivity index (χ1v) is 11.4. The van der Waals surface area contributed by atoms with Gasteiger partial charge in [0.05, 0.1) is 0 Å². The average molecular weight is 489 g/mol. The number of aryl methyl sites for hydroxylation is 1. The Morgan fingerprint density at radius 3 is 1.91 bits per heavy atom. The van der Waals surface area contributed by atoms with E-state index in [9.17, 15) is 14.4 Å². The molecule has 3 aromatic rings. The van der Waals surface area contributed by atoms with Crippen molar-refractivity contribution >= 4 is 40.7 Å². The smallest absolute Gasteiger partial charge is 0.269 e. The predicted octanol–water partition coefficient (Wildman–Crippen LogP) is 4.49. The van der Waals surface area contributed by atoms with Crippen molar-refractivity contribution in [2.45, 2.75) is 33.1 Å². The first-order valence-electron chi connectivity index (χ1n) is 11.0. The number of carbonyl (C=O) groups is 3. The van der Waals surface area contributed by atoms with Crippen LogP contribution in [0.15, 0.2) is 72.8 Å². The van der Waals surface area contributed by atoms with Crippen molar-refractivity contribution in [1.82, 2.24) is 16.2 Å². The van der Waals surface area contributed by atoms with Crippen LogP contribution in [0.25, 0.3) is 0 Å². The second-order valence-electron chi connectivity index (χ2n) is 9.09. The number of rotatable bonds is 4. The summed E-state index contributed by atoms with van der Waals surface area (Å²) in [7, 11) is 0. The van der Waals surface area contributed by atoms with Crippen molar-refractivity contribution in [2.75, 3.05) is 5.32 Å². The van der Waals surface area contributed by atoms with Crippen LogP contribution in [0.3, 0.4) is 0 Å². The van der Waals surface area contributed by atoms with Crippen LogP contribution in [-0.4, -0.2) is 22.8 Å². The summed E-state index contributed by atoms with van der Waals surface area (Å²) < 4.78 is 0. The van der Waals surface area contributed by atoms with Gasteiger partial charge in [-0.25, -0.2) is 0 Å². The number of carbonyl (C=O) groups excluding carboxylic acids is 3. The number of hydrazine groups is 1. The fraction of sp³-hybridized carbons (Fsp3) is 0.185. The molecule has 8 heteroatoms. The molecular weight excluding hydrogens is 460 g/mol. The Morgan fingerprint density at radius 1 is 0.714 bits per heavy atom. The highest BCUT2D eigenvalue weighted by molar-refractivity contribution is 7.80. The van der Waals surface area contributed by atoms with Crippen LogP contribution in [0, 0.1) is 6.92 Å². The van der Waals surface area contributed by atoms with Gasteiger partial charge in [0.2, 0.25) is 0 Å². The van der Waals surface area contributed by atoms with Gasteiger partial charge in [0, 0.05) is 22.4 Å². The minimum atomic E-state index is -0.451. The molecule has 3 aromatic carbocycles. The lowest BCUT2D eigenvalue weighted by Crippen LogP contribution is -2.48. The van der Waals surface area contributed by atoms with Gasteiger partial charge in [0.1, 0.15) is 0 Å². The Balaban J connectivity index is 1.49. The molecule has 0 aliphatic carbocycles. The minimum absolute atomic E-state index is 0.0129. The zero-order valence-electron chi connectivity index (χ0n) is 20.1. The van der Waals surface area contributed by atoms with Gasteiger partial charge in [-0.05, 0) is 78.7 Å². The summed E-state index contributed by atoms with van der Waals surface area (Å²) in [4.78, 5) is 37.2. The SMILES string of the molecule is Cc1cccc(C(=O)Nc2ccc(C(=O)NNC(=S)NC(=O)c3ccc(C(C)(C)C)cc3)cc2)c1. The number of benzene rings is 3. The van der Waals surface area contributed by atoms with E-state index < -0.39 is 5.91 Å². The first-order chi connectivity index (χ1) is 16.5. The van der Waals surface area contributed by atoms with E-state index in [1.807, 2.05) is 31.2 Å². The van der Waals surface area contributed by atoms with Crippen molar-refractivity contribution < 1.29 is 14.4 Å². The van der Waals surface area contributed by atoms with Crippen molar-refractivity contribution in [2.24, 2.45) is 0 Å². The summed E-state index contributed by atoms with van der Waals surface area (Å²) in [5, 5.41) is 5.29. The summed E-state index contributed by atoms with van der Waals surface area (Å²) in [5.41, 5.74) is 8.97. The van der Waals surface area contributed by atoms with Crippen LogP contribution in [0.5, 0.6) is 0 Å². The molecule has 0 heterocycles. The van der Waals surface area contributed by atoms with Gasteiger partial charge < -0.3 is 5.32 Å². The molecule has 0 aliphatic heterocycles. The zero-order valence-corrected chi connectivity index (χ0v) is 20.9. The molecular formula is C27H28N4O3S. The van der Waals surface area contributed by atoms with E-state index in [0.717, 1.165) is 11.1 Å². The summed E-state index contributed by atoms with van der Waals surface area (Å²) in [6.45, 7) is 8.20. The van der Waals surface area contributed by atoms with Gasteiger partial charge in [-0.15, -0.1) is 0 Å². The molecule has 0 unspecified atom stereocenters. The number of nitrogens with one attached hydrogen (secondary N) is 4. The van der Waals surface area contributed by atoms with Crippen LogP contribution in [0.2, 0.25) is 0 Å². The molecule has 3 amide bonds. The summed E-state index contributed by atoms with van der Waals surface area (Å²) in [6, 6.07) is 20.9. The van der Waals surface area contributed by atoms with Crippen LogP contribution < -0.4 is 21.5 Å². The van der Waals surface area contributed by atoms with Gasteiger partial charge in [-0.2, -0.15) is 0 Å². The monoisotopic (exact) mass is 488 g/mol. The Kier molecular flexibility index (Phi) is 7.98. The van der Waals surface area contributed by atoms with E-state index >= 15 is 0 Å². The largest absolute Gasteiger partial charge is 0.322 e. The molecule has 7 nitrogen and oxygen atoms in total. The van der Waals surface area contributed by atoms with Gasteiger partial charge >= 0.3 is 0 Å². The van der Waals surface area contributed by atoms with Gasteiger partial charge in [0.25, 0.3) is 17.7 Å². The molecule has 0 atom stereocenters. The molecule has 0 bridgehead atoms. The first kappa shape index (κ1) is 25.6.